The lowest BCUT2D eigenvalue weighted by Gasteiger charge is -2.30. The van der Waals surface area contributed by atoms with Crippen molar-refractivity contribution in [2.75, 3.05) is 25.0 Å². The Kier molecular flexibility index (Phi) is 8.28. The smallest absolute Gasteiger partial charge is 0.0475 e. The van der Waals surface area contributed by atoms with E-state index in [0.717, 1.165) is 25.0 Å². The third kappa shape index (κ3) is 5.44. The topological polar surface area (TPSA) is 9.23 Å². The monoisotopic (exact) mass is 336 g/mol. The molecule has 0 radical (unpaired) electrons. The number of rotatable bonds is 9. The molecule has 4 heteroatoms. The van der Waals surface area contributed by atoms with Crippen LogP contribution in [0.25, 0.3) is 0 Å². The maximum absolute atomic E-state index is 6.19. The normalized spacial score (nSPS) is 12.1. The zero-order valence-corrected chi connectivity index (χ0v) is 14.4. The van der Waals surface area contributed by atoms with E-state index in [9.17, 15) is 0 Å². The molecule has 0 aliphatic carbocycles. The summed E-state index contributed by atoms with van der Waals surface area (Å²) < 4.78 is 5.71. The maximum atomic E-state index is 6.19. The number of hydrogen-bond donors (Lipinski definition) is 0. The summed E-state index contributed by atoms with van der Waals surface area (Å²) in [6, 6.07) is 7.77. The van der Waals surface area contributed by atoms with E-state index in [1.54, 1.807) is 0 Å². The zero-order valence-electron chi connectivity index (χ0n) is 12.2. The van der Waals surface area contributed by atoms with Crippen LogP contribution in [0.2, 0.25) is 5.02 Å². The van der Waals surface area contributed by atoms with E-state index in [1.165, 1.54) is 0 Å². The average molecular weight is 338 g/mol. The molecule has 0 aliphatic heterocycles. The van der Waals surface area contributed by atoms with E-state index in [0.29, 0.717) is 29.3 Å². The van der Waals surface area contributed by atoms with Gasteiger partial charge in [0.25, 0.3) is 0 Å². The molecule has 114 valence electrons. The fourth-order valence-corrected chi connectivity index (χ4v) is 3.03. The Hall–Kier alpha value is 0.0500. The van der Waals surface area contributed by atoms with Crippen LogP contribution in [0.1, 0.15) is 32.3 Å². The molecule has 20 heavy (non-hydrogen) atoms. The summed E-state index contributed by atoms with van der Waals surface area (Å²) >= 11 is 18.4. The minimum absolute atomic E-state index is 0.272. The van der Waals surface area contributed by atoms with Crippen LogP contribution < -0.4 is 0 Å². The largest absolute Gasteiger partial charge is 0.381 e. The number of benzene rings is 1. The fourth-order valence-electron chi connectivity index (χ4n) is 1.97. The number of ether oxygens (including phenoxy) is 1. The third-order valence-electron chi connectivity index (χ3n) is 3.51. The van der Waals surface area contributed by atoms with Crippen LogP contribution in [0.5, 0.6) is 0 Å². The third-order valence-corrected chi connectivity index (χ3v) is 4.77. The lowest BCUT2D eigenvalue weighted by molar-refractivity contribution is 0.109. The van der Waals surface area contributed by atoms with Gasteiger partial charge in [-0.1, -0.05) is 37.6 Å². The molecule has 1 aromatic rings. The van der Waals surface area contributed by atoms with Gasteiger partial charge in [-0.05, 0) is 36.5 Å². The van der Waals surface area contributed by atoms with Crippen LogP contribution in [-0.4, -0.2) is 25.0 Å². The predicted octanol–water partition coefficient (Wildman–Crippen LogP) is 5.51. The molecular weight excluding hydrogens is 315 g/mol. The molecule has 1 rings (SSSR count). The van der Waals surface area contributed by atoms with Crippen molar-refractivity contribution in [2.24, 2.45) is 5.92 Å². The van der Waals surface area contributed by atoms with Crippen LogP contribution in [0.15, 0.2) is 24.3 Å². The van der Waals surface area contributed by atoms with Crippen LogP contribution in [0.4, 0.5) is 0 Å². The van der Waals surface area contributed by atoms with Gasteiger partial charge in [-0.25, -0.2) is 0 Å². The van der Waals surface area contributed by atoms with Gasteiger partial charge in [0.1, 0.15) is 0 Å². The Morgan fingerprint density at radius 1 is 1.15 bits per heavy atom. The first-order valence-electron chi connectivity index (χ1n) is 7.00. The zero-order chi connectivity index (χ0) is 15.0. The minimum Gasteiger partial charge on any atom is -0.381 e. The van der Waals surface area contributed by atoms with Crippen LogP contribution in [0.3, 0.4) is 0 Å². The Morgan fingerprint density at radius 3 is 2.40 bits per heavy atom. The van der Waals surface area contributed by atoms with Gasteiger partial charge in [-0.3, -0.25) is 0 Å². The van der Waals surface area contributed by atoms with Crippen molar-refractivity contribution in [2.45, 2.75) is 32.1 Å². The van der Waals surface area contributed by atoms with Gasteiger partial charge in [0, 0.05) is 35.4 Å². The molecule has 0 spiro atoms. The van der Waals surface area contributed by atoms with Crippen molar-refractivity contribution >= 4 is 34.8 Å². The van der Waals surface area contributed by atoms with Crippen molar-refractivity contribution in [1.29, 1.82) is 0 Å². The van der Waals surface area contributed by atoms with Gasteiger partial charge in [0.2, 0.25) is 0 Å². The van der Waals surface area contributed by atoms with Gasteiger partial charge in [0.05, 0.1) is 0 Å². The molecule has 0 aromatic heterocycles. The molecular formula is C16H23Cl3O. The first-order chi connectivity index (χ1) is 9.54. The SMILES string of the molecule is CC(C)CCOCCC(CCl)(CCl)c1cccc(Cl)c1. The number of alkyl halides is 2. The average Bonchev–Trinajstić information content (AvgIpc) is 2.43. The highest BCUT2D eigenvalue weighted by atomic mass is 35.5. The lowest BCUT2D eigenvalue weighted by atomic mass is 9.81. The molecule has 0 N–H and O–H groups in total. The van der Waals surface area contributed by atoms with E-state index in [2.05, 4.69) is 13.8 Å². The van der Waals surface area contributed by atoms with Crippen LogP contribution in [-0.2, 0) is 10.2 Å². The summed E-state index contributed by atoms with van der Waals surface area (Å²) in [6.07, 6.45) is 1.88. The molecule has 0 unspecified atom stereocenters. The predicted molar refractivity (Wildman–Crippen MR) is 89.5 cm³/mol. The molecule has 1 nitrogen and oxygen atoms in total. The van der Waals surface area contributed by atoms with Crippen molar-refractivity contribution < 1.29 is 4.74 Å². The van der Waals surface area contributed by atoms with E-state index in [-0.39, 0.29) is 5.41 Å². The quantitative estimate of drug-likeness (QED) is 0.426. The summed E-state index contributed by atoms with van der Waals surface area (Å²) in [6.45, 7) is 5.83. The number of halogens is 3. The van der Waals surface area contributed by atoms with Gasteiger partial charge < -0.3 is 4.74 Å². The van der Waals surface area contributed by atoms with Crippen molar-refractivity contribution in [3.63, 3.8) is 0 Å². The highest BCUT2D eigenvalue weighted by molar-refractivity contribution is 6.30. The highest BCUT2D eigenvalue weighted by Gasteiger charge is 2.30. The second-order valence-corrected chi connectivity index (χ2v) is 6.57. The molecule has 0 fully saturated rings. The lowest BCUT2D eigenvalue weighted by Crippen LogP contribution is -2.32. The van der Waals surface area contributed by atoms with Gasteiger partial charge in [-0.2, -0.15) is 0 Å². The van der Waals surface area contributed by atoms with Crippen molar-refractivity contribution in [3.8, 4) is 0 Å². The van der Waals surface area contributed by atoms with Crippen LogP contribution >= 0.6 is 34.8 Å². The molecule has 0 atom stereocenters. The first-order valence-corrected chi connectivity index (χ1v) is 8.44. The van der Waals surface area contributed by atoms with E-state index in [4.69, 9.17) is 39.5 Å². The summed E-state index contributed by atoms with van der Waals surface area (Å²) in [7, 11) is 0. The summed E-state index contributed by atoms with van der Waals surface area (Å²) in [4.78, 5) is 0. The van der Waals surface area contributed by atoms with E-state index >= 15 is 0 Å². The minimum atomic E-state index is -0.272. The van der Waals surface area contributed by atoms with Gasteiger partial charge >= 0.3 is 0 Å². The molecule has 1 aromatic carbocycles. The van der Waals surface area contributed by atoms with Gasteiger partial charge in [0.15, 0.2) is 0 Å². The van der Waals surface area contributed by atoms with Crippen LogP contribution in [0, 0.1) is 5.92 Å². The summed E-state index contributed by atoms with van der Waals surface area (Å²) in [5.74, 6) is 1.59. The first kappa shape index (κ1) is 18.1. The second kappa shape index (κ2) is 9.15. The molecule has 0 heterocycles. The Bertz CT molecular complexity index is 389. The molecule has 0 saturated carbocycles. The molecule has 0 saturated heterocycles. The highest BCUT2D eigenvalue weighted by Crippen LogP contribution is 2.32. The summed E-state index contributed by atoms with van der Waals surface area (Å²) in [5, 5.41) is 0.711. The maximum Gasteiger partial charge on any atom is 0.0475 e. The van der Waals surface area contributed by atoms with E-state index in [1.807, 2.05) is 24.3 Å². The Balaban J connectivity index is 2.63. The number of hydrogen-bond acceptors (Lipinski definition) is 1. The Morgan fingerprint density at radius 2 is 1.85 bits per heavy atom. The van der Waals surface area contributed by atoms with Gasteiger partial charge in [-0.15, -0.1) is 23.2 Å². The standard InChI is InChI=1S/C16H23Cl3O/c1-13(2)6-8-20-9-7-16(11-17,12-18)14-4-3-5-15(19)10-14/h3-5,10,13H,6-9,11-12H2,1-2H3. The fraction of sp³-hybridized carbons (Fsp3) is 0.625. The van der Waals surface area contributed by atoms with E-state index < -0.39 is 0 Å². The molecule has 0 aliphatic rings. The molecule has 0 bridgehead atoms. The molecule has 0 amide bonds. The van der Waals surface area contributed by atoms with Crippen molar-refractivity contribution in [3.05, 3.63) is 34.9 Å². The summed E-state index contributed by atoms with van der Waals surface area (Å²) in [5.41, 5.74) is 0.814. The Labute approximate surface area is 137 Å². The second-order valence-electron chi connectivity index (χ2n) is 5.60. The van der Waals surface area contributed by atoms with Crippen molar-refractivity contribution in [1.82, 2.24) is 0 Å².